The number of carboxylic acid groups (broad SMARTS) is 1. The van der Waals surface area contributed by atoms with Crippen molar-refractivity contribution in [3.8, 4) is 23.0 Å². The number of nitrogens with one attached hydrogen (secondary N) is 4. The van der Waals surface area contributed by atoms with Crippen LogP contribution in [0.15, 0.2) is 97.1 Å². The second kappa shape index (κ2) is 37.7. The zero-order valence-corrected chi connectivity index (χ0v) is 52.7. The number of methoxy groups -OCH3 is 4. The van der Waals surface area contributed by atoms with Crippen LogP contribution in [0.25, 0.3) is 0 Å². The molecule has 5 amide bonds. The Bertz CT molecular complexity index is 3410. The van der Waals surface area contributed by atoms with E-state index in [9.17, 15) is 53.1 Å². The Morgan fingerprint density at radius 3 is 0.913 bits per heavy atom. The number of ketones is 4. The van der Waals surface area contributed by atoms with Crippen LogP contribution in [-0.2, 0) is 44.9 Å². The monoisotopic (exact) mass is 1270 g/mol. The average molecular weight is 1270 g/mol. The predicted octanol–water partition coefficient (Wildman–Crippen LogP) is 4.67. The molecule has 494 valence electrons. The molecule has 0 fully saturated rings. The zero-order chi connectivity index (χ0) is 67.3. The molecule has 0 aliphatic rings. The Kier molecular flexibility index (Phi) is 30.1. The molecule has 15 N–H and O–H groups in total. The van der Waals surface area contributed by atoms with Gasteiger partial charge in [0.2, 0.25) is 0 Å². The van der Waals surface area contributed by atoms with Crippen LogP contribution in [-0.4, -0.2) is 143 Å². The van der Waals surface area contributed by atoms with Gasteiger partial charge in [-0.15, -0.1) is 0 Å². The van der Waals surface area contributed by atoms with Crippen LogP contribution in [0.1, 0.15) is 161 Å². The number of amides is 5. The van der Waals surface area contributed by atoms with Crippen molar-refractivity contribution in [1.82, 2.24) is 21.3 Å². The van der Waals surface area contributed by atoms with E-state index in [2.05, 4.69) is 21.3 Å². The van der Waals surface area contributed by atoms with Gasteiger partial charge in [0.05, 0.1) is 80.4 Å². The average Bonchev–Trinajstić information content (AvgIpc) is 1.33. The fraction of sp³-hybridized carbons (Fsp3) is 0.412. The highest BCUT2D eigenvalue weighted by molar-refractivity contribution is 6.04. The standard InChI is InChI=1S/C68H87N9O15/c1-89-59-24-20-41(32-47(59)63(73)82)36-56(79)52(17-6-10-29-70)75-65(84)49-34-43(22-26-61(49)91-3)38-58(81)54(19-8-12-31-72)77-67(86)50-35-44(23-27-62(50)92-4)39-57(80)53(18-7-11-30-71)76-66(85)48-33-42(21-25-60(48)90-2)37-55(78)51(16-5-9-28-69)74-64(83)45-14-13-15-46(40-45)68(87)88/h13-15,20-27,32-35,40,51-54H,5-12,16-19,28-31,36-39,69-72H2,1-4H3,(H2,73,82)(H,74,83)(H,75,84)(H,76,85)(H,77,86)(H,87,88)/t51-,52-,53-,54-/m0/s1. The van der Waals surface area contributed by atoms with Gasteiger partial charge in [0.15, 0.2) is 23.1 Å². The summed E-state index contributed by atoms with van der Waals surface area (Å²) in [6, 6.07) is 19.8. The van der Waals surface area contributed by atoms with Crippen LogP contribution in [0.2, 0.25) is 0 Å². The number of carboxylic acids is 1. The smallest absolute Gasteiger partial charge is 0.335 e. The number of unbranched alkanes of at least 4 members (excludes halogenated alkanes) is 4. The van der Waals surface area contributed by atoms with Crippen LogP contribution in [0.5, 0.6) is 23.0 Å². The highest BCUT2D eigenvalue weighted by Gasteiger charge is 2.30. The van der Waals surface area contributed by atoms with Crippen molar-refractivity contribution < 1.29 is 72.0 Å². The van der Waals surface area contributed by atoms with Gasteiger partial charge in [0.25, 0.3) is 29.5 Å². The quantitative estimate of drug-likeness (QED) is 0.0237. The van der Waals surface area contributed by atoms with E-state index >= 15 is 0 Å². The molecule has 0 aliphatic carbocycles. The number of Topliss-reactive ketones (excluding diaryl/α,β-unsaturated/α-hetero) is 4. The lowest BCUT2D eigenvalue weighted by molar-refractivity contribution is -0.121. The first-order valence-corrected chi connectivity index (χ1v) is 30.7. The molecule has 0 heterocycles. The van der Waals surface area contributed by atoms with Gasteiger partial charge in [0, 0.05) is 31.2 Å². The fourth-order valence-corrected chi connectivity index (χ4v) is 10.5. The molecular weight excluding hydrogens is 1180 g/mol. The molecule has 5 aromatic carbocycles. The van der Waals surface area contributed by atoms with Crippen LogP contribution >= 0.6 is 0 Å². The van der Waals surface area contributed by atoms with Crippen molar-refractivity contribution in [3.05, 3.63) is 153 Å². The SMILES string of the molecule is COc1ccc(CC(=O)[C@H](CCCCN)NC(=O)c2cc(CC(=O)[C@H](CCCCN)NC(=O)c3cc(CC(=O)[C@H](CCCCN)NC(=O)c4cc(CC(=O)[C@H](CCCCN)NC(=O)c5cccc(C(=O)O)c5)ccc4OC)ccc3OC)ccc2OC)cc1C(N)=O. The van der Waals surface area contributed by atoms with Crippen molar-refractivity contribution in [2.24, 2.45) is 28.7 Å². The minimum atomic E-state index is -1.22. The Morgan fingerprint density at radius 1 is 0.370 bits per heavy atom. The zero-order valence-electron chi connectivity index (χ0n) is 52.7. The van der Waals surface area contributed by atoms with E-state index in [1.165, 1.54) is 101 Å². The van der Waals surface area contributed by atoms with E-state index < -0.39 is 71.2 Å². The number of carbonyl (C=O) groups is 10. The first-order chi connectivity index (χ1) is 44.2. The summed E-state index contributed by atoms with van der Waals surface area (Å²) in [7, 11) is 5.50. The van der Waals surface area contributed by atoms with Gasteiger partial charge < -0.3 is 74.0 Å². The third kappa shape index (κ3) is 22.0. The molecule has 0 saturated heterocycles. The van der Waals surface area contributed by atoms with E-state index in [4.69, 9.17) is 47.6 Å². The molecule has 0 aromatic heterocycles. The lowest BCUT2D eigenvalue weighted by atomic mass is 9.95. The summed E-state index contributed by atoms with van der Waals surface area (Å²) < 4.78 is 22.0. The highest BCUT2D eigenvalue weighted by Crippen LogP contribution is 2.27. The number of ether oxygens (including phenoxy) is 4. The molecule has 5 rings (SSSR count). The molecule has 24 nitrogen and oxygen atoms in total. The molecule has 0 unspecified atom stereocenters. The number of hydrogen-bond donors (Lipinski definition) is 10. The Balaban J connectivity index is 1.33. The number of primary amides is 1. The number of benzene rings is 5. The fourth-order valence-electron chi connectivity index (χ4n) is 10.5. The maximum Gasteiger partial charge on any atom is 0.335 e. The van der Waals surface area contributed by atoms with E-state index in [1.54, 1.807) is 24.3 Å². The lowest BCUT2D eigenvalue weighted by Gasteiger charge is -2.21. The largest absolute Gasteiger partial charge is 0.496 e. The van der Waals surface area contributed by atoms with Crippen LogP contribution < -0.4 is 68.9 Å². The predicted molar refractivity (Wildman–Crippen MR) is 345 cm³/mol. The minimum Gasteiger partial charge on any atom is -0.496 e. The van der Waals surface area contributed by atoms with E-state index in [0.29, 0.717) is 99.8 Å². The van der Waals surface area contributed by atoms with Gasteiger partial charge in [0.1, 0.15) is 23.0 Å². The van der Waals surface area contributed by atoms with Crippen molar-refractivity contribution in [3.63, 3.8) is 0 Å². The maximum absolute atomic E-state index is 14.4. The summed E-state index contributed by atoms with van der Waals surface area (Å²) in [5.74, 6) is -5.44. The first-order valence-electron chi connectivity index (χ1n) is 30.7. The number of rotatable bonds is 42. The summed E-state index contributed by atoms with van der Waals surface area (Å²) in [6.45, 7) is 1.37. The van der Waals surface area contributed by atoms with Gasteiger partial charge in [-0.2, -0.15) is 0 Å². The molecule has 0 radical (unpaired) electrons. The maximum atomic E-state index is 14.4. The van der Waals surface area contributed by atoms with E-state index in [-0.39, 0.29) is 119 Å². The number of aromatic carboxylic acids is 1. The van der Waals surface area contributed by atoms with E-state index in [1.807, 2.05) is 0 Å². The van der Waals surface area contributed by atoms with Crippen LogP contribution in [0, 0.1) is 0 Å². The highest BCUT2D eigenvalue weighted by atomic mass is 16.5. The summed E-state index contributed by atoms with van der Waals surface area (Å²) in [5.41, 5.74) is 30.6. The normalized spacial score (nSPS) is 12.3. The Hall–Kier alpha value is -9.36. The lowest BCUT2D eigenvalue weighted by Crippen LogP contribution is -2.42. The number of carbonyl (C=O) groups excluding carboxylic acids is 9. The molecule has 5 aromatic rings. The van der Waals surface area contributed by atoms with Crippen LogP contribution in [0.3, 0.4) is 0 Å². The van der Waals surface area contributed by atoms with Crippen molar-refractivity contribution in [2.45, 2.75) is 127 Å². The second-order valence-corrected chi connectivity index (χ2v) is 22.2. The van der Waals surface area contributed by atoms with Gasteiger partial charge in [-0.25, -0.2) is 4.79 Å². The molecule has 0 saturated carbocycles. The summed E-state index contributed by atoms with van der Waals surface area (Å²) in [5, 5.41) is 20.8. The molecular formula is C68H87N9O15. The second-order valence-electron chi connectivity index (χ2n) is 22.2. The molecule has 0 aliphatic heterocycles. The first kappa shape index (κ1) is 73.4. The van der Waals surface area contributed by atoms with Gasteiger partial charge in [-0.3, -0.25) is 43.2 Å². The summed E-state index contributed by atoms with van der Waals surface area (Å²) >= 11 is 0. The molecule has 4 atom stereocenters. The minimum absolute atomic E-state index is 0.0158. The molecule has 24 heteroatoms. The van der Waals surface area contributed by atoms with E-state index in [0.717, 1.165) is 0 Å². The topological polar surface area (TPSA) is 406 Å². The van der Waals surface area contributed by atoms with Crippen molar-refractivity contribution >= 4 is 58.6 Å². The van der Waals surface area contributed by atoms with Crippen molar-refractivity contribution in [2.75, 3.05) is 54.6 Å². The third-order valence-corrected chi connectivity index (χ3v) is 15.5. The molecule has 92 heavy (non-hydrogen) atoms. The van der Waals surface area contributed by atoms with Gasteiger partial charge in [-0.1, -0.05) is 30.3 Å². The molecule has 0 spiro atoms. The number of hydrogen-bond acceptors (Lipinski definition) is 18. The third-order valence-electron chi connectivity index (χ3n) is 15.5. The van der Waals surface area contributed by atoms with Crippen LogP contribution in [0.4, 0.5) is 0 Å². The summed E-state index contributed by atoms with van der Waals surface area (Å²) in [6.07, 6.45) is 4.22. The van der Waals surface area contributed by atoms with Crippen molar-refractivity contribution in [1.29, 1.82) is 0 Å². The molecule has 0 bridgehead atoms. The Labute approximate surface area is 535 Å². The summed E-state index contributed by atoms with van der Waals surface area (Å²) in [4.78, 5) is 137. The number of nitrogens with two attached hydrogens (primary N) is 5. The van der Waals surface area contributed by atoms with Gasteiger partial charge in [-0.05, 0) is 192 Å². The van der Waals surface area contributed by atoms with Gasteiger partial charge >= 0.3 is 5.97 Å². The Morgan fingerprint density at radius 2 is 0.641 bits per heavy atom.